The van der Waals surface area contributed by atoms with E-state index in [9.17, 15) is 4.79 Å². The average molecular weight is 257 g/mol. The lowest BCUT2D eigenvalue weighted by Gasteiger charge is -2.11. The van der Waals surface area contributed by atoms with E-state index in [2.05, 4.69) is 4.74 Å². The van der Waals surface area contributed by atoms with Crippen molar-refractivity contribution in [3.05, 3.63) is 53.6 Å². The molecule has 0 radical (unpaired) electrons. The van der Waals surface area contributed by atoms with Gasteiger partial charge in [0, 0.05) is 0 Å². The topological polar surface area (TPSA) is 61.5 Å². The highest BCUT2D eigenvalue weighted by Crippen LogP contribution is 2.30. The van der Waals surface area contributed by atoms with Gasteiger partial charge in [0.25, 0.3) is 0 Å². The summed E-state index contributed by atoms with van der Waals surface area (Å²) in [5.41, 5.74) is 7.69. The van der Waals surface area contributed by atoms with Gasteiger partial charge < -0.3 is 15.2 Å². The van der Waals surface area contributed by atoms with Crippen molar-refractivity contribution >= 4 is 11.7 Å². The van der Waals surface area contributed by atoms with Gasteiger partial charge in [-0.3, -0.25) is 0 Å². The molecule has 0 bridgehead atoms. The molecule has 19 heavy (non-hydrogen) atoms. The van der Waals surface area contributed by atoms with Crippen molar-refractivity contribution in [2.45, 2.75) is 6.92 Å². The lowest BCUT2D eigenvalue weighted by Crippen LogP contribution is -2.02. The average Bonchev–Trinajstić information content (AvgIpc) is 2.42. The zero-order chi connectivity index (χ0) is 13.8. The fraction of sp³-hybridized carbons (Fsp3) is 0.133. The van der Waals surface area contributed by atoms with E-state index in [4.69, 9.17) is 10.5 Å². The Hall–Kier alpha value is -2.49. The number of esters is 1. The number of carbonyl (C=O) groups excluding carboxylic acids is 1. The summed E-state index contributed by atoms with van der Waals surface area (Å²) >= 11 is 0. The summed E-state index contributed by atoms with van der Waals surface area (Å²) in [6, 6.07) is 12.5. The van der Waals surface area contributed by atoms with Crippen molar-refractivity contribution in [1.82, 2.24) is 0 Å². The van der Waals surface area contributed by atoms with E-state index >= 15 is 0 Å². The molecule has 0 aliphatic carbocycles. The summed E-state index contributed by atoms with van der Waals surface area (Å²) in [6.45, 7) is 1.95. The second kappa shape index (κ2) is 5.44. The van der Waals surface area contributed by atoms with Gasteiger partial charge in [-0.2, -0.15) is 0 Å². The maximum Gasteiger partial charge on any atom is 0.337 e. The van der Waals surface area contributed by atoms with E-state index in [-0.39, 0.29) is 0 Å². The van der Waals surface area contributed by atoms with Crippen molar-refractivity contribution < 1.29 is 14.3 Å². The molecule has 0 fully saturated rings. The second-order valence-electron chi connectivity index (χ2n) is 4.11. The van der Waals surface area contributed by atoms with E-state index in [1.165, 1.54) is 7.11 Å². The first-order chi connectivity index (χ1) is 9.11. The maximum atomic E-state index is 11.4. The molecule has 4 nitrogen and oxygen atoms in total. The Morgan fingerprint density at radius 1 is 1.11 bits per heavy atom. The van der Waals surface area contributed by atoms with Crippen molar-refractivity contribution in [3.63, 3.8) is 0 Å². The van der Waals surface area contributed by atoms with Crippen LogP contribution < -0.4 is 10.5 Å². The quantitative estimate of drug-likeness (QED) is 0.677. The van der Waals surface area contributed by atoms with Gasteiger partial charge in [0.05, 0.1) is 18.4 Å². The summed E-state index contributed by atoms with van der Waals surface area (Å²) in [4.78, 5) is 11.4. The number of aryl methyl sites for hydroxylation is 1. The Labute approximate surface area is 111 Å². The molecule has 0 amide bonds. The van der Waals surface area contributed by atoms with Crippen LogP contribution in [0.25, 0.3) is 0 Å². The Bertz CT molecular complexity index is 608. The number of rotatable bonds is 3. The fourth-order valence-electron chi connectivity index (χ4n) is 1.68. The minimum Gasteiger partial charge on any atom is -0.465 e. The smallest absolute Gasteiger partial charge is 0.337 e. The molecule has 2 N–H and O–H groups in total. The fourth-order valence-corrected chi connectivity index (χ4v) is 1.68. The molecule has 2 rings (SSSR count). The van der Waals surface area contributed by atoms with Crippen LogP contribution in [-0.2, 0) is 4.74 Å². The van der Waals surface area contributed by atoms with Crippen molar-refractivity contribution in [1.29, 1.82) is 0 Å². The molecule has 0 spiro atoms. The Morgan fingerprint density at radius 3 is 2.47 bits per heavy atom. The second-order valence-corrected chi connectivity index (χ2v) is 4.11. The largest absolute Gasteiger partial charge is 0.465 e. The highest BCUT2D eigenvalue weighted by molar-refractivity contribution is 5.90. The van der Waals surface area contributed by atoms with Gasteiger partial charge in [-0.15, -0.1) is 0 Å². The maximum absolute atomic E-state index is 11.4. The third-order valence-corrected chi connectivity index (χ3v) is 2.74. The number of benzene rings is 2. The first-order valence-corrected chi connectivity index (χ1v) is 5.83. The van der Waals surface area contributed by atoms with Gasteiger partial charge >= 0.3 is 5.97 Å². The van der Waals surface area contributed by atoms with E-state index in [0.717, 1.165) is 11.3 Å². The monoisotopic (exact) mass is 257 g/mol. The van der Waals surface area contributed by atoms with Crippen LogP contribution in [0.1, 0.15) is 15.9 Å². The molecule has 0 saturated carbocycles. The zero-order valence-corrected chi connectivity index (χ0v) is 10.8. The number of anilines is 1. The normalized spacial score (nSPS) is 10.0. The molecular weight excluding hydrogens is 242 g/mol. The number of methoxy groups -OCH3 is 1. The summed E-state index contributed by atoms with van der Waals surface area (Å²) in [7, 11) is 1.33. The molecule has 0 aromatic heterocycles. The lowest BCUT2D eigenvalue weighted by molar-refractivity contribution is 0.0601. The molecule has 0 unspecified atom stereocenters. The zero-order valence-electron chi connectivity index (χ0n) is 10.8. The Kier molecular flexibility index (Phi) is 3.71. The first kappa shape index (κ1) is 13.0. The number of carbonyl (C=O) groups is 1. The van der Waals surface area contributed by atoms with E-state index in [1.807, 2.05) is 31.2 Å². The summed E-state index contributed by atoms with van der Waals surface area (Å²) in [5, 5.41) is 0. The molecule has 98 valence electrons. The highest BCUT2D eigenvalue weighted by Gasteiger charge is 2.10. The van der Waals surface area contributed by atoms with Crippen LogP contribution in [0.2, 0.25) is 0 Å². The van der Waals surface area contributed by atoms with Crippen molar-refractivity contribution in [3.8, 4) is 11.5 Å². The van der Waals surface area contributed by atoms with E-state index < -0.39 is 5.97 Å². The van der Waals surface area contributed by atoms with Gasteiger partial charge in [-0.25, -0.2) is 4.79 Å². The SMILES string of the molecule is COC(=O)c1ccc(Oc2ccccc2C)c(N)c1. The molecule has 0 aliphatic heterocycles. The molecular formula is C15H15NO3. The molecule has 2 aromatic carbocycles. The first-order valence-electron chi connectivity index (χ1n) is 5.83. The number of hydrogen-bond donors (Lipinski definition) is 1. The number of para-hydroxylation sites is 1. The van der Waals surface area contributed by atoms with Crippen molar-refractivity contribution in [2.24, 2.45) is 0 Å². The van der Waals surface area contributed by atoms with E-state index in [1.54, 1.807) is 18.2 Å². The van der Waals surface area contributed by atoms with Crippen LogP contribution in [0.4, 0.5) is 5.69 Å². The van der Waals surface area contributed by atoms with Gasteiger partial charge in [0.15, 0.2) is 0 Å². The number of nitrogens with two attached hydrogens (primary N) is 1. The van der Waals surface area contributed by atoms with Gasteiger partial charge in [0.2, 0.25) is 0 Å². The highest BCUT2D eigenvalue weighted by atomic mass is 16.5. The van der Waals surface area contributed by atoms with Crippen LogP contribution >= 0.6 is 0 Å². The summed E-state index contributed by atoms with van der Waals surface area (Å²) < 4.78 is 10.4. The third-order valence-electron chi connectivity index (χ3n) is 2.74. The molecule has 0 aliphatic rings. The molecule has 0 heterocycles. The van der Waals surface area contributed by atoms with Gasteiger partial charge in [-0.1, -0.05) is 18.2 Å². The molecule has 0 saturated heterocycles. The summed E-state index contributed by atoms with van der Waals surface area (Å²) in [6.07, 6.45) is 0. The molecule has 4 heteroatoms. The number of hydrogen-bond acceptors (Lipinski definition) is 4. The number of ether oxygens (including phenoxy) is 2. The molecule has 2 aromatic rings. The third kappa shape index (κ3) is 2.85. The van der Waals surface area contributed by atoms with Crippen LogP contribution in [0.15, 0.2) is 42.5 Å². The minimum atomic E-state index is -0.422. The van der Waals surface area contributed by atoms with Crippen LogP contribution in [0.5, 0.6) is 11.5 Å². The number of nitrogen functional groups attached to an aromatic ring is 1. The Balaban J connectivity index is 2.27. The van der Waals surface area contributed by atoms with Crippen molar-refractivity contribution in [2.75, 3.05) is 12.8 Å². The Morgan fingerprint density at radius 2 is 1.84 bits per heavy atom. The predicted molar refractivity (Wildman–Crippen MR) is 73.4 cm³/mol. The van der Waals surface area contributed by atoms with Gasteiger partial charge in [-0.05, 0) is 36.8 Å². The van der Waals surface area contributed by atoms with Crippen LogP contribution in [-0.4, -0.2) is 13.1 Å². The van der Waals surface area contributed by atoms with Gasteiger partial charge in [0.1, 0.15) is 11.5 Å². The standard InChI is InChI=1S/C15H15NO3/c1-10-5-3-4-6-13(10)19-14-8-7-11(9-12(14)16)15(17)18-2/h3-9H,16H2,1-2H3. The van der Waals surface area contributed by atoms with E-state index in [0.29, 0.717) is 17.0 Å². The molecule has 0 atom stereocenters. The summed E-state index contributed by atoms with van der Waals surface area (Å²) in [5.74, 6) is 0.830. The minimum absolute atomic E-state index is 0.395. The lowest BCUT2D eigenvalue weighted by atomic mass is 10.2. The van der Waals surface area contributed by atoms with Crippen LogP contribution in [0.3, 0.4) is 0 Å². The van der Waals surface area contributed by atoms with Crippen LogP contribution in [0, 0.1) is 6.92 Å². The predicted octanol–water partition coefficient (Wildman–Crippen LogP) is 3.16.